The second kappa shape index (κ2) is 12.8. The van der Waals surface area contributed by atoms with E-state index in [1.807, 2.05) is 66.7 Å². The molecular formula is C35H24BrClN2O5. The van der Waals surface area contributed by atoms with Gasteiger partial charge >= 0.3 is 6.03 Å². The quantitative estimate of drug-likeness (QED) is 0.134. The summed E-state index contributed by atoms with van der Waals surface area (Å²) in [5.41, 5.74) is 2.52. The first-order valence-electron chi connectivity index (χ1n) is 13.6. The average molecular weight is 668 g/mol. The maximum Gasteiger partial charge on any atom is 0.335 e. The zero-order valence-corrected chi connectivity index (χ0v) is 25.5. The second-order valence-electron chi connectivity index (χ2n) is 9.98. The number of rotatable bonds is 8. The number of carbonyl (C=O) groups excluding carboxylic acids is 3. The molecule has 0 spiro atoms. The molecule has 4 amide bonds. The van der Waals surface area contributed by atoms with E-state index in [4.69, 9.17) is 21.1 Å². The molecule has 1 aliphatic rings. The van der Waals surface area contributed by atoms with Crippen LogP contribution in [0.15, 0.2) is 119 Å². The van der Waals surface area contributed by atoms with E-state index in [1.54, 1.807) is 42.5 Å². The van der Waals surface area contributed by atoms with Crippen molar-refractivity contribution in [1.82, 2.24) is 5.32 Å². The largest absolute Gasteiger partial charge is 0.489 e. The molecule has 1 aliphatic heterocycles. The summed E-state index contributed by atoms with van der Waals surface area (Å²) in [5.74, 6) is -0.504. The van der Waals surface area contributed by atoms with Crippen LogP contribution in [0.1, 0.15) is 16.7 Å². The number of fused-ring (bicyclic) bond motifs is 1. The van der Waals surface area contributed by atoms with E-state index in [2.05, 4.69) is 21.2 Å². The van der Waals surface area contributed by atoms with Crippen molar-refractivity contribution in [3.8, 4) is 11.5 Å². The number of carbonyl (C=O) groups is 3. The monoisotopic (exact) mass is 666 g/mol. The molecule has 1 fully saturated rings. The number of hydrogen-bond donors (Lipinski definition) is 1. The Hall–Kier alpha value is -4.92. The molecule has 0 saturated carbocycles. The molecular weight excluding hydrogens is 644 g/mol. The summed E-state index contributed by atoms with van der Waals surface area (Å²) in [6, 6.07) is 32.0. The average Bonchev–Trinajstić information content (AvgIpc) is 3.03. The summed E-state index contributed by atoms with van der Waals surface area (Å²) in [7, 11) is 0. The molecule has 6 rings (SSSR count). The van der Waals surface area contributed by atoms with Crippen LogP contribution in [0.25, 0.3) is 16.8 Å². The highest BCUT2D eigenvalue weighted by molar-refractivity contribution is 9.10. The summed E-state index contributed by atoms with van der Waals surface area (Å²) in [4.78, 5) is 40.6. The van der Waals surface area contributed by atoms with Gasteiger partial charge in [0.2, 0.25) is 0 Å². The van der Waals surface area contributed by atoms with E-state index in [0.29, 0.717) is 34.4 Å². The van der Waals surface area contributed by atoms with Crippen LogP contribution in [-0.2, 0) is 22.8 Å². The van der Waals surface area contributed by atoms with Gasteiger partial charge in [0.05, 0.1) is 5.69 Å². The smallest absolute Gasteiger partial charge is 0.335 e. The molecule has 9 heteroatoms. The van der Waals surface area contributed by atoms with Gasteiger partial charge in [0.1, 0.15) is 30.3 Å². The Morgan fingerprint density at radius 2 is 1.41 bits per heavy atom. The lowest BCUT2D eigenvalue weighted by atomic mass is 9.99. The summed E-state index contributed by atoms with van der Waals surface area (Å²) >= 11 is 9.43. The zero-order chi connectivity index (χ0) is 30.6. The molecule has 0 radical (unpaired) electrons. The van der Waals surface area contributed by atoms with Gasteiger partial charge in [-0.25, -0.2) is 9.69 Å². The number of benzene rings is 5. The maximum absolute atomic E-state index is 13.7. The Labute approximate surface area is 266 Å². The van der Waals surface area contributed by atoms with Crippen molar-refractivity contribution in [3.05, 3.63) is 141 Å². The fourth-order valence-corrected chi connectivity index (χ4v) is 5.16. The van der Waals surface area contributed by atoms with Crippen LogP contribution >= 0.6 is 27.5 Å². The zero-order valence-electron chi connectivity index (χ0n) is 23.1. The number of hydrogen-bond acceptors (Lipinski definition) is 5. The molecule has 0 unspecified atom stereocenters. The van der Waals surface area contributed by atoms with Gasteiger partial charge in [0, 0.05) is 15.1 Å². The van der Waals surface area contributed by atoms with Crippen molar-refractivity contribution < 1.29 is 23.9 Å². The first kappa shape index (κ1) is 29.2. The van der Waals surface area contributed by atoms with Gasteiger partial charge in [-0.05, 0) is 82.6 Å². The highest BCUT2D eigenvalue weighted by atomic mass is 79.9. The number of amides is 4. The molecule has 1 saturated heterocycles. The van der Waals surface area contributed by atoms with Crippen LogP contribution in [0.3, 0.4) is 0 Å². The molecule has 0 aromatic heterocycles. The van der Waals surface area contributed by atoms with E-state index in [1.165, 1.54) is 6.08 Å². The number of urea groups is 1. The Kier molecular flexibility index (Phi) is 8.45. The Morgan fingerprint density at radius 3 is 2.14 bits per heavy atom. The van der Waals surface area contributed by atoms with Crippen LogP contribution in [0.5, 0.6) is 11.5 Å². The van der Waals surface area contributed by atoms with Gasteiger partial charge in [0.25, 0.3) is 11.8 Å². The third-order valence-electron chi connectivity index (χ3n) is 7.04. The Morgan fingerprint density at radius 1 is 0.750 bits per heavy atom. The maximum atomic E-state index is 13.7. The fourth-order valence-electron chi connectivity index (χ4n) is 4.77. The van der Waals surface area contributed by atoms with Crippen molar-refractivity contribution in [3.63, 3.8) is 0 Å². The van der Waals surface area contributed by atoms with E-state index >= 15 is 0 Å². The normalized spacial score (nSPS) is 14.2. The Bertz CT molecular complexity index is 1910. The second-order valence-corrected chi connectivity index (χ2v) is 11.3. The fraction of sp³-hybridized carbons (Fsp3) is 0.0571. The van der Waals surface area contributed by atoms with Crippen molar-refractivity contribution in [2.75, 3.05) is 4.90 Å². The van der Waals surface area contributed by atoms with Gasteiger partial charge < -0.3 is 9.47 Å². The van der Waals surface area contributed by atoms with E-state index in [-0.39, 0.29) is 12.2 Å². The minimum absolute atomic E-state index is 0.201. The molecule has 7 nitrogen and oxygen atoms in total. The van der Waals surface area contributed by atoms with Gasteiger partial charge in [-0.2, -0.15) is 0 Å². The van der Waals surface area contributed by atoms with Crippen LogP contribution in [0.4, 0.5) is 10.5 Å². The van der Waals surface area contributed by atoms with Gasteiger partial charge in [-0.15, -0.1) is 0 Å². The number of nitrogens with zero attached hydrogens (tertiary/aromatic N) is 1. The number of anilines is 1. The Balaban J connectivity index is 1.28. The lowest BCUT2D eigenvalue weighted by Gasteiger charge is -2.26. The number of barbiturate groups is 1. The predicted octanol–water partition coefficient (Wildman–Crippen LogP) is 8.08. The third-order valence-corrected chi connectivity index (χ3v) is 7.82. The lowest BCUT2D eigenvalue weighted by molar-refractivity contribution is -0.122. The predicted molar refractivity (Wildman–Crippen MR) is 174 cm³/mol. The first-order valence-corrected chi connectivity index (χ1v) is 14.8. The third kappa shape index (κ3) is 6.37. The van der Waals surface area contributed by atoms with Crippen LogP contribution in [0.2, 0.25) is 5.02 Å². The first-order chi connectivity index (χ1) is 21.4. The summed E-state index contributed by atoms with van der Waals surface area (Å²) in [6.07, 6.45) is 1.48. The number of halogens is 2. The lowest BCUT2D eigenvalue weighted by Crippen LogP contribution is -2.54. The summed E-state index contributed by atoms with van der Waals surface area (Å²) in [6.45, 7) is 0.595. The van der Waals surface area contributed by atoms with Crippen molar-refractivity contribution in [2.45, 2.75) is 13.2 Å². The molecule has 218 valence electrons. The molecule has 5 aromatic rings. The molecule has 0 bridgehead atoms. The van der Waals surface area contributed by atoms with Crippen LogP contribution in [0, 0.1) is 0 Å². The summed E-state index contributed by atoms with van der Waals surface area (Å²) in [5, 5.41) is 4.59. The van der Waals surface area contributed by atoms with Crippen molar-refractivity contribution in [2.24, 2.45) is 0 Å². The minimum Gasteiger partial charge on any atom is -0.489 e. The SMILES string of the molecule is O=C1NC(=O)N(c2ccc(OCc3ccc(Br)cc3)cc2)C(=O)/C1=C/c1c(OCc2ccc(Cl)cc2)ccc2ccccc12. The van der Waals surface area contributed by atoms with Crippen molar-refractivity contribution in [1.29, 1.82) is 0 Å². The molecule has 0 atom stereocenters. The molecule has 44 heavy (non-hydrogen) atoms. The topological polar surface area (TPSA) is 84.9 Å². The molecule has 5 aromatic carbocycles. The van der Waals surface area contributed by atoms with Gasteiger partial charge in [-0.1, -0.05) is 82.1 Å². The van der Waals surface area contributed by atoms with E-state index < -0.39 is 17.8 Å². The van der Waals surface area contributed by atoms with Crippen molar-refractivity contribution >= 4 is 67.9 Å². The highest BCUT2D eigenvalue weighted by Gasteiger charge is 2.37. The molecule has 1 N–H and O–H groups in total. The van der Waals surface area contributed by atoms with E-state index in [9.17, 15) is 14.4 Å². The van der Waals surface area contributed by atoms with Crippen LogP contribution in [-0.4, -0.2) is 17.8 Å². The minimum atomic E-state index is -0.835. The van der Waals surface area contributed by atoms with E-state index in [0.717, 1.165) is 31.3 Å². The molecule has 0 aliphatic carbocycles. The van der Waals surface area contributed by atoms with Gasteiger partial charge in [0.15, 0.2) is 0 Å². The number of nitrogens with one attached hydrogen (secondary N) is 1. The standard InChI is InChI=1S/C35H24BrClN2O5/c36-25-10-5-22(6-11-25)20-43-28-16-14-27(15-17-28)39-34(41)31(33(40)38-35(39)42)19-30-29-4-2-1-3-24(29)9-18-32(30)44-21-23-7-12-26(37)13-8-23/h1-19H,20-21H2,(H,38,40,42)/b31-19+. The summed E-state index contributed by atoms with van der Waals surface area (Å²) < 4.78 is 13.0. The van der Waals surface area contributed by atoms with Gasteiger partial charge in [-0.3, -0.25) is 14.9 Å². The molecule has 1 heterocycles. The van der Waals surface area contributed by atoms with Crippen LogP contribution < -0.4 is 19.7 Å². The number of ether oxygens (including phenoxy) is 2. The number of imide groups is 2. The highest BCUT2D eigenvalue weighted by Crippen LogP contribution is 2.33.